The van der Waals surface area contributed by atoms with Crippen LogP contribution in [0.3, 0.4) is 0 Å². The van der Waals surface area contributed by atoms with E-state index in [0.717, 1.165) is 16.7 Å². The first-order chi connectivity index (χ1) is 17.6. The number of rotatable bonds is 7. The highest BCUT2D eigenvalue weighted by molar-refractivity contribution is 5.96. The van der Waals surface area contributed by atoms with Gasteiger partial charge < -0.3 is 15.8 Å². The summed E-state index contributed by atoms with van der Waals surface area (Å²) in [4.78, 5) is 26.8. The number of ether oxygens (including phenoxy) is 1. The van der Waals surface area contributed by atoms with Crippen LogP contribution in [0.4, 0.5) is 11.6 Å². The minimum atomic E-state index is -0.536. The van der Waals surface area contributed by atoms with Crippen molar-refractivity contribution in [3.63, 3.8) is 0 Å². The van der Waals surface area contributed by atoms with Crippen LogP contribution in [0, 0.1) is 0 Å². The molecule has 0 atom stereocenters. The summed E-state index contributed by atoms with van der Waals surface area (Å²) in [6, 6.07) is 31.0. The second kappa shape index (κ2) is 10.2. The van der Waals surface area contributed by atoms with E-state index in [-0.39, 0.29) is 24.2 Å². The molecule has 0 fully saturated rings. The fourth-order valence-corrected chi connectivity index (χ4v) is 4.08. The van der Waals surface area contributed by atoms with Crippen LogP contribution >= 0.6 is 0 Å². The van der Waals surface area contributed by atoms with Crippen molar-refractivity contribution in [2.24, 2.45) is 0 Å². The first-order valence-electron chi connectivity index (χ1n) is 11.7. The average molecular weight is 476 g/mol. The molecule has 2 heterocycles. The number of fused-ring (bicyclic) bond motifs is 1. The van der Waals surface area contributed by atoms with Gasteiger partial charge in [0.15, 0.2) is 17.3 Å². The molecule has 0 unspecified atom stereocenters. The fourth-order valence-electron chi connectivity index (χ4n) is 4.08. The Kier molecular flexibility index (Phi) is 6.53. The minimum Gasteiger partial charge on any atom is -0.461 e. The van der Waals surface area contributed by atoms with E-state index in [2.05, 4.69) is 15.3 Å². The van der Waals surface area contributed by atoms with Crippen molar-refractivity contribution in [1.29, 1.82) is 0 Å². The maximum absolute atomic E-state index is 12.6. The van der Waals surface area contributed by atoms with Gasteiger partial charge in [0.05, 0.1) is 18.2 Å². The molecule has 36 heavy (non-hydrogen) atoms. The van der Waals surface area contributed by atoms with Crippen molar-refractivity contribution >= 4 is 28.6 Å². The highest BCUT2D eigenvalue weighted by atomic mass is 16.5. The Morgan fingerprint density at radius 2 is 1.44 bits per heavy atom. The van der Waals surface area contributed by atoms with Gasteiger partial charge in [-0.05, 0) is 24.1 Å². The number of anilines is 2. The molecule has 7 nitrogen and oxygen atoms in total. The van der Waals surface area contributed by atoms with Gasteiger partial charge in [-0.1, -0.05) is 91.0 Å². The molecule has 2 aromatic heterocycles. The lowest BCUT2D eigenvalue weighted by Gasteiger charge is -2.22. The quantitative estimate of drug-likeness (QED) is 0.293. The van der Waals surface area contributed by atoms with Gasteiger partial charge in [0, 0.05) is 5.56 Å². The highest BCUT2D eigenvalue weighted by Gasteiger charge is 2.21. The van der Waals surface area contributed by atoms with Gasteiger partial charge in [-0.2, -0.15) is 0 Å². The summed E-state index contributed by atoms with van der Waals surface area (Å²) in [5.74, 6) is 0.146. The third-order valence-electron chi connectivity index (χ3n) is 5.76. The van der Waals surface area contributed by atoms with Crippen LogP contribution in [0.2, 0.25) is 0 Å². The largest absolute Gasteiger partial charge is 0.461 e. The maximum atomic E-state index is 12.6. The smallest absolute Gasteiger partial charge is 0.357 e. The molecule has 0 spiro atoms. The SMILES string of the molecule is CCOC(=O)c1cc2nc(N)c(-c3ccccc3)nc2c(NC(c2ccccc2)c2ccccc2)n1. The topological polar surface area (TPSA) is 103 Å². The Morgan fingerprint density at radius 3 is 2.03 bits per heavy atom. The van der Waals surface area contributed by atoms with Gasteiger partial charge in [-0.3, -0.25) is 0 Å². The molecule has 3 aromatic carbocycles. The van der Waals surface area contributed by atoms with E-state index in [4.69, 9.17) is 15.5 Å². The molecule has 7 heteroatoms. The first-order valence-corrected chi connectivity index (χ1v) is 11.7. The molecule has 0 aliphatic carbocycles. The zero-order chi connectivity index (χ0) is 24.9. The van der Waals surface area contributed by atoms with Crippen LogP contribution in [0.15, 0.2) is 97.1 Å². The number of pyridine rings is 1. The minimum absolute atomic E-state index is 0.132. The number of aromatic nitrogens is 3. The Labute approximate surface area is 209 Å². The van der Waals surface area contributed by atoms with Gasteiger partial charge in [0.1, 0.15) is 11.2 Å². The lowest BCUT2D eigenvalue weighted by atomic mass is 9.98. The van der Waals surface area contributed by atoms with Crippen LogP contribution in [-0.2, 0) is 4.74 Å². The zero-order valence-electron chi connectivity index (χ0n) is 19.8. The van der Waals surface area contributed by atoms with Crippen LogP contribution in [-0.4, -0.2) is 27.5 Å². The van der Waals surface area contributed by atoms with Crippen LogP contribution in [0.1, 0.15) is 34.6 Å². The Bertz CT molecular complexity index is 1450. The summed E-state index contributed by atoms with van der Waals surface area (Å²) >= 11 is 0. The van der Waals surface area contributed by atoms with Crippen molar-refractivity contribution in [2.45, 2.75) is 13.0 Å². The second-order valence-electron chi connectivity index (χ2n) is 8.17. The molecule has 178 valence electrons. The normalized spacial score (nSPS) is 10.9. The molecule has 5 rings (SSSR count). The standard InChI is InChI=1S/C29H25N5O2/c1-2-36-29(35)23-18-22-26(33-25(27(30)31-22)21-16-10-5-11-17-21)28(32-23)34-24(19-12-6-3-7-13-19)20-14-8-4-9-15-20/h3-18,24H,2H2,1H3,(H2,30,31)(H,32,34). The Hall–Kier alpha value is -4.78. The van der Waals surface area contributed by atoms with E-state index in [9.17, 15) is 4.79 Å². The summed E-state index contributed by atoms with van der Waals surface area (Å²) < 4.78 is 5.22. The number of nitrogens with one attached hydrogen (secondary N) is 1. The summed E-state index contributed by atoms with van der Waals surface area (Å²) in [5.41, 5.74) is 10.9. The Balaban J connectivity index is 1.70. The number of benzene rings is 3. The molecule has 5 aromatic rings. The van der Waals surface area contributed by atoms with Gasteiger partial charge in [0.2, 0.25) is 0 Å². The summed E-state index contributed by atoms with van der Waals surface area (Å²) in [6.07, 6.45) is 0. The van der Waals surface area contributed by atoms with Crippen LogP contribution in [0.5, 0.6) is 0 Å². The van der Waals surface area contributed by atoms with E-state index in [0.29, 0.717) is 22.5 Å². The van der Waals surface area contributed by atoms with E-state index < -0.39 is 5.97 Å². The summed E-state index contributed by atoms with van der Waals surface area (Å²) in [5, 5.41) is 3.53. The predicted molar refractivity (Wildman–Crippen MR) is 141 cm³/mol. The van der Waals surface area contributed by atoms with Gasteiger partial charge in [-0.25, -0.2) is 19.7 Å². The average Bonchev–Trinajstić information content (AvgIpc) is 2.92. The molecule has 0 amide bonds. The van der Waals surface area contributed by atoms with Gasteiger partial charge in [0.25, 0.3) is 0 Å². The van der Waals surface area contributed by atoms with Gasteiger partial charge >= 0.3 is 5.97 Å². The molecular formula is C29H25N5O2. The van der Waals surface area contributed by atoms with Crippen molar-refractivity contribution in [3.05, 3.63) is 114 Å². The molecule has 0 radical (unpaired) electrons. The maximum Gasteiger partial charge on any atom is 0.357 e. The zero-order valence-corrected chi connectivity index (χ0v) is 19.8. The molecule has 0 aliphatic rings. The number of carbonyl (C=O) groups excluding carboxylic acids is 1. The second-order valence-corrected chi connectivity index (χ2v) is 8.17. The highest BCUT2D eigenvalue weighted by Crippen LogP contribution is 2.32. The molecular weight excluding hydrogens is 450 g/mol. The third-order valence-corrected chi connectivity index (χ3v) is 5.76. The van der Waals surface area contributed by atoms with E-state index >= 15 is 0 Å². The van der Waals surface area contributed by atoms with E-state index in [1.165, 1.54) is 0 Å². The number of hydrogen-bond acceptors (Lipinski definition) is 7. The molecule has 3 N–H and O–H groups in total. The van der Waals surface area contributed by atoms with Gasteiger partial charge in [-0.15, -0.1) is 0 Å². The molecule has 0 bridgehead atoms. The third kappa shape index (κ3) is 4.72. The fraction of sp³-hybridized carbons (Fsp3) is 0.103. The lowest BCUT2D eigenvalue weighted by Crippen LogP contribution is -2.16. The van der Waals surface area contributed by atoms with Crippen LogP contribution in [0.25, 0.3) is 22.3 Å². The monoisotopic (exact) mass is 475 g/mol. The van der Waals surface area contributed by atoms with Crippen molar-refractivity contribution in [1.82, 2.24) is 15.0 Å². The van der Waals surface area contributed by atoms with Crippen molar-refractivity contribution < 1.29 is 9.53 Å². The number of nitrogen functional groups attached to an aromatic ring is 1. The van der Waals surface area contributed by atoms with Crippen LogP contribution < -0.4 is 11.1 Å². The predicted octanol–water partition coefficient (Wildman–Crippen LogP) is 5.65. The Morgan fingerprint density at radius 1 is 0.861 bits per heavy atom. The molecule has 0 saturated carbocycles. The van der Waals surface area contributed by atoms with E-state index in [1.807, 2.05) is 91.0 Å². The first kappa shape index (κ1) is 23.0. The number of nitrogens with zero attached hydrogens (tertiary/aromatic N) is 3. The van der Waals surface area contributed by atoms with Crippen molar-refractivity contribution in [2.75, 3.05) is 17.7 Å². The number of carbonyl (C=O) groups is 1. The number of esters is 1. The summed E-state index contributed by atoms with van der Waals surface area (Å²) in [6.45, 7) is 1.99. The molecule has 0 saturated heterocycles. The van der Waals surface area contributed by atoms with Crippen molar-refractivity contribution in [3.8, 4) is 11.3 Å². The lowest BCUT2D eigenvalue weighted by molar-refractivity contribution is 0.0520. The summed E-state index contributed by atoms with van der Waals surface area (Å²) in [7, 11) is 0. The molecule has 0 aliphatic heterocycles. The number of nitrogens with two attached hydrogens (primary N) is 1. The van der Waals surface area contributed by atoms with E-state index in [1.54, 1.807) is 13.0 Å². The number of hydrogen-bond donors (Lipinski definition) is 2.